The van der Waals surface area contributed by atoms with Crippen molar-refractivity contribution in [1.82, 2.24) is 9.55 Å². The molecule has 0 bridgehead atoms. The first-order valence-corrected chi connectivity index (χ1v) is 6.78. The number of hydrogen-bond donors (Lipinski definition) is 0. The van der Waals surface area contributed by atoms with Gasteiger partial charge >= 0.3 is 0 Å². The van der Waals surface area contributed by atoms with E-state index in [4.69, 9.17) is 0 Å². The zero-order valence-corrected chi connectivity index (χ0v) is 11.2. The normalized spacial score (nSPS) is 16.9. The number of rotatable bonds is 3. The lowest BCUT2D eigenvalue weighted by Gasteiger charge is -2.12. The van der Waals surface area contributed by atoms with Crippen LogP contribution in [0.1, 0.15) is 50.6 Å². The van der Waals surface area contributed by atoms with Gasteiger partial charge in [-0.2, -0.15) is 0 Å². The van der Waals surface area contributed by atoms with E-state index in [1.165, 1.54) is 25.7 Å². The summed E-state index contributed by atoms with van der Waals surface area (Å²) in [7, 11) is 0. The summed E-state index contributed by atoms with van der Waals surface area (Å²) < 4.78 is 2.36. The third-order valence-electron chi connectivity index (χ3n) is 3.22. The maximum Gasteiger partial charge on any atom is 0.267 e. The highest BCUT2D eigenvalue weighted by Gasteiger charge is 2.22. The minimum absolute atomic E-state index is 0.0683. The van der Waals surface area contributed by atoms with Crippen LogP contribution < -0.4 is 5.56 Å². The van der Waals surface area contributed by atoms with Gasteiger partial charge in [0.25, 0.3) is 5.56 Å². The average molecular weight is 285 g/mol. The fourth-order valence-electron chi connectivity index (χ4n) is 2.36. The molecule has 2 rings (SSSR count). The van der Waals surface area contributed by atoms with E-state index in [2.05, 4.69) is 27.8 Å². The Hall–Kier alpha value is -0.640. The van der Waals surface area contributed by atoms with Crippen LogP contribution >= 0.6 is 15.9 Å². The van der Waals surface area contributed by atoms with Crippen molar-refractivity contribution in [2.45, 2.75) is 51.5 Å². The molecule has 0 aromatic carbocycles. The largest absolute Gasteiger partial charge is 0.298 e. The molecule has 1 aromatic heterocycles. The van der Waals surface area contributed by atoms with E-state index in [1.54, 1.807) is 10.9 Å². The van der Waals surface area contributed by atoms with E-state index >= 15 is 0 Å². The highest BCUT2D eigenvalue weighted by Crippen LogP contribution is 2.35. The van der Waals surface area contributed by atoms with Gasteiger partial charge in [-0.1, -0.05) is 19.8 Å². The zero-order valence-electron chi connectivity index (χ0n) is 9.58. The lowest BCUT2D eigenvalue weighted by molar-refractivity contribution is 0.612. The monoisotopic (exact) mass is 284 g/mol. The third-order valence-corrected chi connectivity index (χ3v) is 3.96. The fraction of sp³-hybridized carbons (Fsp3) is 0.667. The lowest BCUT2D eigenvalue weighted by atomic mass is 10.0. The lowest BCUT2D eigenvalue weighted by Crippen LogP contribution is -2.23. The third kappa shape index (κ3) is 2.21. The molecule has 16 heavy (non-hydrogen) atoms. The molecule has 1 fully saturated rings. The Kier molecular flexibility index (Phi) is 3.79. The van der Waals surface area contributed by atoms with Crippen LogP contribution in [0.25, 0.3) is 0 Å². The minimum Gasteiger partial charge on any atom is -0.298 e. The number of aryl methyl sites for hydroxylation is 1. The van der Waals surface area contributed by atoms with Gasteiger partial charge in [-0.25, -0.2) is 4.98 Å². The van der Waals surface area contributed by atoms with Crippen LogP contribution in [-0.2, 0) is 6.54 Å². The second kappa shape index (κ2) is 5.13. The molecular weight excluding hydrogens is 268 g/mol. The van der Waals surface area contributed by atoms with Crippen LogP contribution in [0.5, 0.6) is 0 Å². The van der Waals surface area contributed by atoms with E-state index in [0.29, 0.717) is 10.4 Å². The second-order valence-electron chi connectivity index (χ2n) is 4.42. The summed E-state index contributed by atoms with van der Waals surface area (Å²) in [6.45, 7) is 2.81. The number of hydrogen-bond acceptors (Lipinski definition) is 2. The second-order valence-corrected chi connectivity index (χ2v) is 5.22. The average Bonchev–Trinajstić information content (AvgIpc) is 2.79. The molecule has 88 valence electrons. The Balaban J connectivity index is 2.34. The molecule has 0 aliphatic heterocycles. The number of aromatic nitrogens is 2. The van der Waals surface area contributed by atoms with Crippen LogP contribution in [0.3, 0.4) is 0 Å². The summed E-state index contributed by atoms with van der Waals surface area (Å²) in [5.74, 6) is 0.485. The molecule has 1 aromatic rings. The smallest absolute Gasteiger partial charge is 0.267 e. The van der Waals surface area contributed by atoms with Gasteiger partial charge in [-0.3, -0.25) is 9.36 Å². The van der Waals surface area contributed by atoms with Crippen LogP contribution in [-0.4, -0.2) is 9.55 Å². The van der Waals surface area contributed by atoms with E-state index in [9.17, 15) is 4.79 Å². The maximum atomic E-state index is 12.0. The Labute approximate surface area is 104 Å². The molecule has 0 saturated heterocycles. The summed E-state index contributed by atoms with van der Waals surface area (Å²) in [5, 5.41) is 0. The molecule has 1 aliphatic carbocycles. The predicted octanol–water partition coefficient (Wildman–Crippen LogP) is 3.07. The predicted molar refractivity (Wildman–Crippen MR) is 67.7 cm³/mol. The summed E-state index contributed by atoms with van der Waals surface area (Å²) in [4.78, 5) is 16.5. The van der Waals surface area contributed by atoms with Gasteiger partial charge in [-0.05, 0) is 35.2 Å². The van der Waals surface area contributed by atoms with Crippen LogP contribution in [0.4, 0.5) is 0 Å². The zero-order chi connectivity index (χ0) is 11.5. The van der Waals surface area contributed by atoms with Crippen molar-refractivity contribution in [3.8, 4) is 0 Å². The maximum absolute atomic E-state index is 12.0. The van der Waals surface area contributed by atoms with Crippen molar-refractivity contribution in [2.75, 3.05) is 0 Å². The molecule has 0 unspecified atom stereocenters. The number of halogens is 1. The van der Waals surface area contributed by atoms with Gasteiger partial charge in [0.2, 0.25) is 0 Å². The van der Waals surface area contributed by atoms with Crippen molar-refractivity contribution in [3.05, 3.63) is 26.8 Å². The minimum atomic E-state index is 0.0683. The van der Waals surface area contributed by atoms with Gasteiger partial charge in [0.1, 0.15) is 4.47 Å². The Morgan fingerprint density at radius 3 is 2.81 bits per heavy atom. The van der Waals surface area contributed by atoms with Gasteiger partial charge in [0, 0.05) is 12.5 Å². The molecule has 0 radical (unpaired) electrons. The topological polar surface area (TPSA) is 34.9 Å². The molecule has 0 amide bonds. The molecular formula is C12H17BrN2O. The van der Waals surface area contributed by atoms with Crippen molar-refractivity contribution >= 4 is 15.9 Å². The van der Waals surface area contributed by atoms with Crippen molar-refractivity contribution in [1.29, 1.82) is 0 Å². The number of nitrogens with zero attached hydrogens (tertiary/aromatic N) is 2. The molecule has 4 heteroatoms. The first-order valence-electron chi connectivity index (χ1n) is 5.99. The van der Waals surface area contributed by atoms with Gasteiger partial charge in [-0.15, -0.1) is 0 Å². The summed E-state index contributed by atoms with van der Waals surface area (Å²) in [6.07, 6.45) is 7.51. The highest BCUT2D eigenvalue weighted by atomic mass is 79.9. The molecule has 0 N–H and O–H groups in total. The molecule has 0 spiro atoms. The van der Waals surface area contributed by atoms with Crippen LogP contribution in [0, 0.1) is 0 Å². The highest BCUT2D eigenvalue weighted by molar-refractivity contribution is 9.10. The first kappa shape index (κ1) is 11.8. The Morgan fingerprint density at radius 1 is 1.50 bits per heavy atom. The molecule has 0 atom stereocenters. The van der Waals surface area contributed by atoms with Gasteiger partial charge < -0.3 is 0 Å². The first-order chi connectivity index (χ1) is 7.74. The SMILES string of the molecule is CCCn1cnc(C2CCCC2)c(Br)c1=O. The summed E-state index contributed by atoms with van der Waals surface area (Å²) >= 11 is 3.42. The van der Waals surface area contributed by atoms with Gasteiger partial charge in [0.05, 0.1) is 12.0 Å². The standard InChI is InChI=1S/C12H17BrN2O/c1-2-7-15-8-14-11(10(13)12(15)16)9-5-3-4-6-9/h8-9H,2-7H2,1H3. The van der Waals surface area contributed by atoms with Crippen molar-refractivity contribution in [3.63, 3.8) is 0 Å². The van der Waals surface area contributed by atoms with E-state index < -0.39 is 0 Å². The van der Waals surface area contributed by atoms with Crippen molar-refractivity contribution < 1.29 is 0 Å². The quantitative estimate of drug-likeness (QED) is 0.855. The molecule has 1 saturated carbocycles. The van der Waals surface area contributed by atoms with Crippen LogP contribution in [0.15, 0.2) is 15.6 Å². The molecule has 3 nitrogen and oxygen atoms in total. The fourth-order valence-corrected chi connectivity index (χ4v) is 3.01. The molecule has 1 heterocycles. The summed E-state index contributed by atoms with van der Waals surface area (Å²) in [6, 6.07) is 0. The molecule has 1 aliphatic rings. The van der Waals surface area contributed by atoms with E-state index in [1.807, 2.05) is 0 Å². The van der Waals surface area contributed by atoms with E-state index in [0.717, 1.165) is 18.7 Å². The van der Waals surface area contributed by atoms with Crippen LogP contribution in [0.2, 0.25) is 0 Å². The van der Waals surface area contributed by atoms with E-state index in [-0.39, 0.29) is 5.56 Å². The Morgan fingerprint density at radius 2 is 2.19 bits per heavy atom. The summed E-state index contributed by atoms with van der Waals surface area (Å²) in [5.41, 5.74) is 1.04. The Bertz CT molecular complexity index is 422. The van der Waals surface area contributed by atoms with Crippen molar-refractivity contribution in [2.24, 2.45) is 0 Å². The van der Waals surface area contributed by atoms with Gasteiger partial charge in [0.15, 0.2) is 0 Å².